The molecule has 0 fully saturated rings. The molecule has 20 heavy (non-hydrogen) atoms. The maximum atomic E-state index is 4.56. The lowest BCUT2D eigenvalue weighted by Crippen LogP contribution is -2.19. The Labute approximate surface area is 148 Å². The Morgan fingerprint density at radius 3 is 2.55 bits per heavy atom. The number of hydrogen-bond acceptors (Lipinski definition) is 3. The monoisotopic (exact) mass is 483 g/mol. The van der Waals surface area contributed by atoms with Crippen molar-refractivity contribution < 1.29 is 0 Å². The molecule has 2 aromatic heterocycles. The zero-order chi connectivity index (χ0) is 14.9. The highest BCUT2D eigenvalue weighted by Gasteiger charge is 2.20. The van der Waals surface area contributed by atoms with Crippen LogP contribution in [0.1, 0.15) is 29.2 Å². The lowest BCUT2D eigenvalue weighted by Gasteiger charge is -2.15. The number of hydrogen-bond donors (Lipinski definition) is 1. The molecule has 0 aromatic carbocycles. The molecule has 1 unspecified atom stereocenters. The molecule has 0 bridgehead atoms. The highest BCUT2D eigenvalue weighted by atomic mass is 79.9. The van der Waals surface area contributed by atoms with Gasteiger partial charge in [-0.05, 0) is 67.3 Å². The number of aromatic nitrogens is 2. The smallest absolute Gasteiger partial charge is 0.0843 e. The fraction of sp³-hybridized carbons (Fsp3) is 0.462. The molecule has 110 valence electrons. The molecular weight excluding hydrogens is 470 g/mol. The number of likely N-dealkylation sites (N-methyl/N-ethyl adjacent to an activating group) is 1. The first kappa shape index (κ1) is 16.7. The average molecular weight is 486 g/mol. The van der Waals surface area contributed by atoms with Gasteiger partial charge in [-0.1, -0.05) is 6.92 Å². The van der Waals surface area contributed by atoms with Crippen molar-refractivity contribution >= 4 is 59.1 Å². The van der Waals surface area contributed by atoms with Crippen LogP contribution in [0.4, 0.5) is 0 Å². The maximum absolute atomic E-state index is 4.56. The molecule has 3 nitrogen and oxygen atoms in total. The topological polar surface area (TPSA) is 29.9 Å². The molecule has 2 rings (SSSR count). The normalized spacial score (nSPS) is 12.9. The highest BCUT2D eigenvalue weighted by Crippen LogP contribution is 2.37. The summed E-state index contributed by atoms with van der Waals surface area (Å²) in [4.78, 5) is 1.30. The van der Waals surface area contributed by atoms with Crippen LogP contribution in [0.5, 0.6) is 0 Å². The van der Waals surface area contributed by atoms with Crippen molar-refractivity contribution in [2.45, 2.75) is 25.8 Å². The minimum atomic E-state index is 0.277. The van der Waals surface area contributed by atoms with Gasteiger partial charge in [-0.15, -0.1) is 11.3 Å². The van der Waals surface area contributed by atoms with Crippen molar-refractivity contribution in [3.63, 3.8) is 0 Å². The zero-order valence-electron chi connectivity index (χ0n) is 11.5. The van der Waals surface area contributed by atoms with Gasteiger partial charge in [0.05, 0.1) is 19.6 Å². The first-order chi connectivity index (χ1) is 9.47. The second-order valence-electron chi connectivity index (χ2n) is 4.50. The van der Waals surface area contributed by atoms with Crippen LogP contribution in [-0.2, 0) is 19.9 Å². The van der Waals surface area contributed by atoms with Gasteiger partial charge in [0, 0.05) is 28.9 Å². The van der Waals surface area contributed by atoms with Gasteiger partial charge in [0.1, 0.15) is 0 Å². The van der Waals surface area contributed by atoms with Crippen molar-refractivity contribution in [3.8, 4) is 0 Å². The molecule has 0 aliphatic carbocycles. The summed E-state index contributed by atoms with van der Waals surface area (Å²) in [6.07, 6.45) is 1.84. The summed E-state index contributed by atoms with van der Waals surface area (Å²) < 4.78 is 5.35. The van der Waals surface area contributed by atoms with Crippen LogP contribution in [0, 0.1) is 0 Å². The fourth-order valence-corrected chi connectivity index (χ4v) is 5.09. The van der Waals surface area contributed by atoms with Crippen LogP contribution in [0.2, 0.25) is 0 Å². The van der Waals surface area contributed by atoms with Crippen LogP contribution in [0.25, 0.3) is 0 Å². The van der Waals surface area contributed by atoms with Gasteiger partial charge in [-0.2, -0.15) is 5.10 Å². The number of halogens is 3. The maximum Gasteiger partial charge on any atom is 0.0843 e. The van der Waals surface area contributed by atoms with Crippen LogP contribution in [-0.4, -0.2) is 16.8 Å². The quantitative estimate of drug-likeness (QED) is 0.657. The summed E-state index contributed by atoms with van der Waals surface area (Å²) in [5.41, 5.74) is 2.34. The van der Waals surface area contributed by atoms with Gasteiger partial charge in [0.25, 0.3) is 0 Å². The number of rotatable bonds is 5. The number of nitrogens with one attached hydrogen (secondary N) is 1. The van der Waals surface area contributed by atoms with E-state index in [1.54, 1.807) is 11.3 Å². The Hall–Kier alpha value is 0.310. The van der Waals surface area contributed by atoms with Gasteiger partial charge in [-0.25, -0.2) is 0 Å². The molecule has 0 aliphatic heterocycles. The van der Waals surface area contributed by atoms with Crippen molar-refractivity contribution in [1.29, 1.82) is 0 Å². The molecule has 0 spiro atoms. The third kappa shape index (κ3) is 3.38. The molecule has 2 heterocycles. The largest absolute Gasteiger partial charge is 0.312 e. The van der Waals surface area contributed by atoms with Crippen molar-refractivity contribution in [3.05, 3.63) is 35.1 Å². The first-order valence-corrected chi connectivity index (χ1v) is 9.49. The van der Waals surface area contributed by atoms with E-state index < -0.39 is 0 Å². The summed E-state index contributed by atoms with van der Waals surface area (Å²) in [6, 6.07) is 2.44. The van der Waals surface area contributed by atoms with Crippen LogP contribution in [0.3, 0.4) is 0 Å². The zero-order valence-corrected chi connectivity index (χ0v) is 17.1. The summed E-state index contributed by atoms with van der Waals surface area (Å²) in [6.45, 7) is 2.12. The Balaban J connectivity index is 2.29. The van der Waals surface area contributed by atoms with Gasteiger partial charge < -0.3 is 5.32 Å². The van der Waals surface area contributed by atoms with E-state index in [1.165, 1.54) is 10.6 Å². The van der Waals surface area contributed by atoms with E-state index in [9.17, 15) is 0 Å². The van der Waals surface area contributed by atoms with Crippen LogP contribution >= 0.6 is 59.1 Å². The predicted molar refractivity (Wildman–Crippen MR) is 95.5 cm³/mol. The van der Waals surface area contributed by atoms with Gasteiger partial charge in [-0.3, -0.25) is 4.68 Å². The van der Waals surface area contributed by atoms with E-state index in [1.807, 2.05) is 18.8 Å². The van der Waals surface area contributed by atoms with E-state index >= 15 is 0 Å². The second kappa shape index (κ2) is 7.05. The number of nitrogens with zero attached hydrogens (tertiary/aromatic N) is 2. The van der Waals surface area contributed by atoms with Gasteiger partial charge in [0.2, 0.25) is 0 Å². The Morgan fingerprint density at radius 2 is 2.10 bits per heavy atom. The summed E-state index contributed by atoms with van der Waals surface area (Å²) in [7, 11) is 4.00. The third-order valence-corrected chi connectivity index (χ3v) is 7.54. The van der Waals surface area contributed by atoms with Crippen LogP contribution in [0.15, 0.2) is 18.8 Å². The summed E-state index contributed by atoms with van der Waals surface area (Å²) >= 11 is 12.6. The van der Waals surface area contributed by atoms with E-state index in [2.05, 4.69) is 71.2 Å². The average Bonchev–Trinajstić information content (AvgIpc) is 2.88. The SMILES string of the molecule is CCc1nn(C)c(CC(NC)c2cc(Br)c(Br)s2)c1Br. The van der Waals surface area contributed by atoms with E-state index in [4.69, 9.17) is 0 Å². The minimum Gasteiger partial charge on any atom is -0.312 e. The molecule has 1 N–H and O–H groups in total. The van der Waals surface area contributed by atoms with Crippen molar-refractivity contribution in [2.75, 3.05) is 7.05 Å². The Bertz CT molecular complexity index is 587. The summed E-state index contributed by atoms with van der Waals surface area (Å²) in [5, 5.41) is 7.96. The van der Waals surface area contributed by atoms with E-state index in [0.717, 1.165) is 31.3 Å². The van der Waals surface area contributed by atoms with E-state index in [0.29, 0.717) is 0 Å². The molecule has 1 atom stereocenters. The Morgan fingerprint density at radius 1 is 1.40 bits per heavy atom. The first-order valence-electron chi connectivity index (χ1n) is 6.30. The standard InChI is InChI=1S/C13H16Br3N3S/c1-4-8-12(15)10(19(3)18-8)6-9(17-2)11-5-7(14)13(16)20-11/h5,9,17H,4,6H2,1-3H3. The number of thiophene rings is 1. The third-order valence-electron chi connectivity index (χ3n) is 3.26. The number of aryl methyl sites for hydroxylation is 2. The predicted octanol–water partition coefficient (Wildman–Crippen LogP) is 4.83. The Kier molecular flexibility index (Phi) is 5.88. The van der Waals surface area contributed by atoms with Gasteiger partial charge in [0.15, 0.2) is 0 Å². The van der Waals surface area contributed by atoms with Crippen molar-refractivity contribution in [1.82, 2.24) is 15.1 Å². The molecule has 0 saturated carbocycles. The van der Waals surface area contributed by atoms with E-state index in [-0.39, 0.29) is 6.04 Å². The molecule has 7 heteroatoms. The van der Waals surface area contributed by atoms with Crippen molar-refractivity contribution in [2.24, 2.45) is 7.05 Å². The molecule has 2 aromatic rings. The lowest BCUT2D eigenvalue weighted by molar-refractivity contribution is 0.567. The minimum absolute atomic E-state index is 0.277. The molecule has 0 radical (unpaired) electrons. The molecular formula is C13H16Br3N3S. The molecule has 0 aliphatic rings. The summed E-state index contributed by atoms with van der Waals surface area (Å²) in [5.74, 6) is 0. The van der Waals surface area contributed by atoms with Gasteiger partial charge >= 0.3 is 0 Å². The molecule has 0 saturated heterocycles. The highest BCUT2D eigenvalue weighted by molar-refractivity contribution is 9.13. The second-order valence-corrected chi connectivity index (χ2v) is 8.55. The van der Waals surface area contributed by atoms with Crippen LogP contribution < -0.4 is 5.32 Å². The fourth-order valence-electron chi connectivity index (χ4n) is 2.11. The lowest BCUT2D eigenvalue weighted by atomic mass is 10.1. The molecule has 0 amide bonds.